The van der Waals surface area contributed by atoms with Gasteiger partial charge in [0.15, 0.2) is 0 Å². The van der Waals surface area contributed by atoms with Crippen LogP contribution >= 0.6 is 0 Å². The third-order valence-corrected chi connectivity index (χ3v) is 9.10. The van der Waals surface area contributed by atoms with E-state index in [0.29, 0.717) is 54.8 Å². The van der Waals surface area contributed by atoms with Crippen LogP contribution in [0.2, 0.25) is 0 Å². The number of nitrogens with zero attached hydrogens (tertiary/aromatic N) is 6. The maximum Gasteiger partial charge on any atom is 0.359 e. The van der Waals surface area contributed by atoms with Gasteiger partial charge in [-0.3, -0.25) is 9.59 Å². The Hall–Kier alpha value is -6.51. The molecule has 2 fully saturated rings. The van der Waals surface area contributed by atoms with Crippen molar-refractivity contribution in [2.75, 3.05) is 26.2 Å². The molecule has 2 atom stereocenters. The van der Waals surface area contributed by atoms with Crippen LogP contribution in [0.25, 0.3) is 0 Å². The van der Waals surface area contributed by atoms with Crippen molar-refractivity contribution in [1.29, 1.82) is 0 Å². The molecule has 12 nitrogen and oxygen atoms in total. The fourth-order valence-corrected chi connectivity index (χ4v) is 6.36. The molecule has 0 saturated carbocycles. The van der Waals surface area contributed by atoms with E-state index in [0.717, 1.165) is 25.7 Å². The average Bonchev–Trinajstić information content (AvgIpc) is 3.89. The molecule has 2 amide bonds. The van der Waals surface area contributed by atoms with Gasteiger partial charge in [0.2, 0.25) is 11.8 Å². The van der Waals surface area contributed by atoms with Crippen molar-refractivity contribution in [3.63, 3.8) is 0 Å². The van der Waals surface area contributed by atoms with Gasteiger partial charge < -0.3 is 28.3 Å². The van der Waals surface area contributed by atoms with Crippen molar-refractivity contribution in [2.45, 2.75) is 37.5 Å². The predicted octanol–water partition coefficient (Wildman–Crippen LogP) is 8.18. The molecule has 15 heteroatoms. The summed E-state index contributed by atoms with van der Waals surface area (Å²) in [6.45, 7) is 2.14. The van der Waals surface area contributed by atoms with Crippen LogP contribution in [-0.4, -0.2) is 68.1 Å². The first-order valence-electron chi connectivity index (χ1n) is 17.7. The van der Waals surface area contributed by atoms with Crippen molar-refractivity contribution in [3.05, 3.63) is 143 Å². The molecule has 4 heterocycles. The van der Waals surface area contributed by atoms with Crippen molar-refractivity contribution >= 4 is 11.8 Å². The van der Waals surface area contributed by atoms with Gasteiger partial charge in [-0.15, -0.1) is 0 Å². The minimum Gasteiger partial charge on any atom is -0.422 e. The second-order valence-electron chi connectivity index (χ2n) is 13.0. The van der Waals surface area contributed by atoms with E-state index in [1.165, 1.54) is 66.7 Å². The van der Waals surface area contributed by atoms with E-state index in [2.05, 4.69) is 20.3 Å². The lowest BCUT2D eigenvalue weighted by molar-refractivity contribution is 0.0688. The Bertz CT molecular complexity index is 2200. The van der Waals surface area contributed by atoms with Gasteiger partial charge in [0.1, 0.15) is 29.0 Å². The Balaban J connectivity index is 0.000000169. The summed E-state index contributed by atoms with van der Waals surface area (Å²) in [4.78, 5) is 37.3. The van der Waals surface area contributed by atoms with Crippen LogP contribution in [0.3, 0.4) is 0 Å². The molecule has 4 aromatic carbocycles. The van der Waals surface area contributed by atoms with E-state index in [4.69, 9.17) is 18.5 Å². The van der Waals surface area contributed by atoms with E-state index < -0.39 is 5.82 Å². The highest BCUT2D eigenvalue weighted by atomic mass is 19.1. The van der Waals surface area contributed by atoms with E-state index in [9.17, 15) is 22.8 Å². The third-order valence-electron chi connectivity index (χ3n) is 9.10. The fraction of sp³-hybridized carbons (Fsp3) is 0.250. The number of ether oxygens (including phenoxy) is 2. The van der Waals surface area contributed by atoms with Gasteiger partial charge in [-0.2, -0.15) is 9.97 Å². The smallest absolute Gasteiger partial charge is 0.359 e. The van der Waals surface area contributed by atoms with Crippen LogP contribution in [0.4, 0.5) is 13.2 Å². The van der Waals surface area contributed by atoms with Crippen molar-refractivity contribution in [2.24, 2.45) is 0 Å². The monoisotopic (exact) mass is 752 g/mol. The lowest BCUT2D eigenvalue weighted by Gasteiger charge is -2.31. The zero-order valence-corrected chi connectivity index (χ0v) is 29.4. The molecule has 0 N–H and O–H groups in total. The van der Waals surface area contributed by atoms with Crippen LogP contribution in [0, 0.1) is 17.5 Å². The molecule has 8 rings (SSSR count). The van der Waals surface area contributed by atoms with Crippen molar-refractivity contribution in [3.8, 4) is 23.5 Å². The van der Waals surface area contributed by atoms with Crippen molar-refractivity contribution in [1.82, 2.24) is 30.1 Å². The van der Waals surface area contributed by atoms with E-state index in [1.54, 1.807) is 28.0 Å². The Morgan fingerprint density at radius 1 is 0.582 bits per heavy atom. The van der Waals surface area contributed by atoms with Gasteiger partial charge in [0, 0.05) is 43.4 Å². The standard InChI is InChI=1S/C20H17F2N3O3.C20H18FN3O3/c21-15-8-6-13(7-9-15)19(26)25-10-2-3-14(12-25)18-23-20(24-28-18)27-17-5-1-4-16(22)11-17;21-16-10-8-14(9-11-16)19(25)24-12-4-5-15(13-24)18-22-20(23-27-18)26-17-6-2-1-3-7-17/h1,4-9,11,14H,2-3,10,12H2;1-3,6-11,15H,4-5,12-13H2/t14-;15-/m00/s1. The second-order valence-corrected chi connectivity index (χ2v) is 13.0. The molecule has 0 bridgehead atoms. The quantitative estimate of drug-likeness (QED) is 0.150. The highest BCUT2D eigenvalue weighted by Crippen LogP contribution is 2.30. The number of para-hydroxylation sites is 1. The topological polar surface area (TPSA) is 137 Å². The number of hydrogen-bond acceptors (Lipinski definition) is 10. The van der Waals surface area contributed by atoms with Crippen LogP contribution in [0.15, 0.2) is 112 Å². The number of aromatic nitrogens is 4. The Morgan fingerprint density at radius 3 is 1.55 bits per heavy atom. The molecular formula is C40H35F3N6O6. The second kappa shape index (κ2) is 17.1. The number of rotatable bonds is 8. The molecule has 2 saturated heterocycles. The number of halogens is 3. The SMILES string of the molecule is O=C(c1ccc(F)cc1)N1CCC[C@H](c2nc(Oc3cccc(F)c3)no2)C1.O=C(c1ccc(F)cc1)N1CCC[C@H](c2nc(Oc3ccccc3)no2)C1. The van der Waals surface area contributed by atoms with Gasteiger partial charge in [-0.1, -0.05) is 24.3 Å². The Morgan fingerprint density at radius 2 is 1.05 bits per heavy atom. The highest BCUT2D eigenvalue weighted by Gasteiger charge is 2.31. The number of hydrogen-bond donors (Lipinski definition) is 0. The van der Waals surface area contributed by atoms with E-state index in [1.807, 2.05) is 18.2 Å². The summed E-state index contributed by atoms with van der Waals surface area (Å²) >= 11 is 0. The van der Waals surface area contributed by atoms with Crippen LogP contribution in [0.1, 0.15) is 70.0 Å². The summed E-state index contributed by atoms with van der Waals surface area (Å²) in [5.74, 6) is 0.0686. The molecule has 0 radical (unpaired) electrons. The van der Waals surface area contributed by atoms with E-state index in [-0.39, 0.29) is 53.1 Å². The Kier molecular flexibility index (Phi) is 11.4. The zero-order chi connectivity index (χ0) is 38.1. The van der Waals surface area contributed by atoms with Crippen molar-refractivity contribution < 1.29 is 41.3 Å². The predicted molar refractivity (Wildman–Crippen MR) is 190 cm³/mol. The summed E-state index contributed by atoms with van der Waals surface area (Å²) in [5, 5.41) is 7.65. The summed E-state index contributed by atoms with van der Waals surface area (Å²) in [6.07, 6.45) is 3.24. The van der Waals surface area contributed by atoms with Gasteiger partial charge in [0.05, 0.1) is 11.8 Å². The van der Waals surface area contributed by atoms with Gasteiger partial charge >= 0.3 is 12.0 Å². The molecule has 0 spiro atoms. The fourth-order valence-electron chi connectivity index (χ4n) is 6.36. The molecule has 6 aromatic rings. The normalized spacial score (nSPS) is 16.9. The molecule has 0 aliphatic carbocycles. The molecule has 0 unspecified atom stereocenters. The molecule has 2 aromatic heterocycles. The van der Waals surface area contributed by atoms with Gasteiger partial charge in [-0.25, -0.2) is 13.2 Å². The van der Waals surface area contributed by atoms with Gasteiger partial charge in [-0.05, 0) is 109 Å². The number of carbonyl (C=O) groups is 2. The summed E-state index contributed by atoms with van der Waals surface area (Å²) < 4.78 is 61.0. The first-order valence-corrected chi connectivity index (χ1v) is 17.7. The maximum absolute atomic E-state index is 13.2. The minimum absolute atomic E-state index is 0.0115. The Labute approximate surface area is 313 Å². The molecule has 282 valence electrons. The first-order chi connectivity index (χ1) is 26.8. The number of likely N-dealkylation sites (tertiary alicyclic amines) is 2. The lowest BCUT2D eigenvalue weighted by atomic mass is 9.97. The summed E-state index contributed by atoms with van der Waals surface area (Å²) in [6, 6.07) is 26.1. The molecular weight excluding hydrogens is 717 g/mol. The van der Waals surface area contributed by atoms with E-state index >= 15 is 0 Å². The number of amides is 2. The minimum atomic E-state index is -0.427. The largest absolute Gasteiger partial charge is 0.422 e. The highest BCUT2D eigenvalue weighted by molar-refractivity contribution is 5.94. The lowest BCUT2D eigenvalue weighted by Crippen LogP contribution is -2.39. The van der Waals surface area contributed by atoms with Crippen LogP contribution in [0.5, 0.6) is 23.5 Å². The van der Waals surface area contributed by atoms with Crippen LogP contribution < -0.4 is 9.47 Å². The van der Waals surface area contributed by atoms with Gasteiger partial charge in [0.25, 0.3) is 11.8 Å². The first kappa shape index (κ1) is 36.8. The molecule has 2 aliphatic rings. The number of benzene rings is 4. The maximum atomic E-state index is 13.2. The summed E-state index contributed by atoms with van der Waals surface area (Å²) in [7, 11) is 0. The zero-order valence-electron chi connectivity index (χ0n) is 29.4. The molecule has 2 aliphatic heterocycles. The average molecular weight is 753 g/mol. The molecule has 55 heavy (non-hydrogen) atoms. The van der Waals surface area contributed by atoms with Crippen LogP contribution in [-0.2, 0) is 0 Å². The third kappa shape index (κ3) is 9.54. The summed E-state index contributed by atoms with van der Waals surface area (Å²) in [5.41, 5.74) is 0.901. The number of carbonyl (C=O) groups excluding carboxylic acids is 2. The number of piperidine rings is 2.